The van der Waals surface area contributed by atoms with Gasteiger partial charge in [0.1, 0.15) is 12.4 Å². The molecule has 80 valence electrons. The third-order valence-electron chi connectivity index (χ3n) is 1.84. The average molecular weight is 206 g/mol. The highest BCUT2D eigenvalue weighted by Gasteiger charge is 1.98. The summed E-state index contributed by atoms with van der Waals surface area (Å²) in [7, 11) is 1.61. The molecule has 0 aliphatic rings. The van der Waals surface area contributed by atoms with Gasteiger partial charge in [0.2, 0.25) is 0 Å². The van der Waals surface area contributed by atoms with Gasteiger partial charge in [0.05, 0.1) is 7.11 Å². The zero-order chi connectivity index (χ0) is 11.1. The Labute approximate surface area is 89.3 Å². The number of methoxy groups -OCH3 is 1. The molecule has 0 N–H and O–H groups in total. The van der Waals surface area contributed by atoms with Crippen LogP contribution in [0, 0.1) is 0 Å². The minimum Gasteiger partial charge on any atom is -0.497 e. The third-order valence-corrected chi connectivity index (χ3v) is 1.84. The molecular formula is C12H14O3. The summed E-state index contributed by atoms with van der Waals surface area (Å²) in [6, 6.07) is 7.39. The van der Waals surface area contributed by atoms with Crippen LogP contribution in [0.2, 0.25) is 0 Å². The molecule has 0 saturated heterocycles. The van der Waals surface area contributed by atoms with Crippen LogP contribution in [0.4, 0.5) is 0 Å². The zero-order valence-electron chi connectivity index (χ0n) is 8.90. The first-order chi connectivity index (χ1) is 7.26. The quantitative estimate of drug-likeness (QED) is 0.560. The second-order valence-electron chi connectivity index (χ2n) is 2.96. The molecule has 0 bridgehead atoms. The van der Waals surface area contributed by atoms with Crippen LogP contribution in [-0.4, -0.2) is 13.1 Å². The molecule has 0 spiro atoms. The summed E-state index contributed by atoms with van der Waals surface area (Å²) in [6.45, 7) is 2.06. The highest BCUT2D eigenvalue weighted by atomic mass is 16.5. The molecule has 0 aliphatic heterocycles. The van der Waals surface area contributed by atoms with Crippen LogP contribution in [0.25, 0.3) is 0 Å². The molecule has 0 fully saturated rings. The van der Waals surface area contributed by atoms with Crippen molar-refractivity contribution < 1.29 is 14.3 Å². The second-order valence-corrected chi connectivity index (χ2v) is 2.96. The van der Waals surface area contributed by atoms with Crippen molar-refractivity contribution >= 4 is 5.97 Å². The number of rotatable bonds is 4. The summed E-state index contributed by atoms with van der Waals surface area (Å²) in [5, 5.41) is 0. The molecule has 0 saturated carbocycles. The smallest absolute Gasteiger partial charge is 0.330 e. The van der Waals surface area contributed by atoms with Crippen molar-refractivity contribution in [3.63, 3.8) is 0 Å². The third kappa shape index (κ3) is 3.85. The van der Waals surface area contributed by atoms with E-state index in [1.165, 1.54) is 6.08 Å². The lowest BCUT2D eigenvalue weighted by Crippen LogP contribution is -2.00. The summed E-state index contributed by atoms with van der Waals surface area (Å²) in [4.78, 5) is 11.0. The van der Waals surface area contributed by atoms with E-state index in [4.69, 9.17) is 9.47 Å². The monoisotopic (exact) mass is 206 g/mol. The molecule has 3 nitrogen and oxygen atoms in total. The van der Waals surface area contributed by atoms with E-state index < -0.39 is 0 Å². The first kappa shape index (κ1) is 11.3. The normalized spacial score (nSPS) is 10.3. The molecule has 1 aromatic carbocycles. The average Bonchev–Trinajstić information content (AvgIpc) is 2.27. The Morgan fingerprint density at radius 1 is 1.33 bits per heavy atom. The number of ether oxygens (including phenoxy) is 2. The SMILES string of the molecule is CC=CC(=O)OCc1ccc(OC)cc1. The predicted octanol–water partition coefficient (Wildman–Crippen LogP) is 2.31. The van der Waals surface area contributed by atoms with Crippen molar-refractivity contribution in [3.8, 4) is 5.75 Å². The van der Waals surface area contributed by atoms with Crippen molar-refractivity contribution in [2.75, 3.05) is 7.11 Å². The van der Waals surface area contributed by atoms with Crippen LogP contribution in [-0.2, 0) is 16.1 Å². The van der Waals surface area contributed by atoms with Crippen molar-refractivity contribution in [1.82, 2.24) is 0 Å². The van der Waals surface area contributed by atoms with E-state index in [0.717, 1.165) is 11.3 Å². The van der Waals surface area contributed by atoms with E-state index in [9.17, 15) is 4.79 Å². The molecule has 0 aromatic heterocycles. The van der Waals surface area contributed by atoms with Crippen molar-refractivity contribution in [1.29, 1.82) is 0 Å². The molecule has 0 aliphatic carbocycles. The fraction of sp³-hybridized carbons (Fsp3) is 0.250. The molecule has 1 rings (SSSR count). The zero-order valence-corrected chi connectivity index (χ0v) is 8.90. The van der Waals surface area contributed by atoms with Crippen LogP contribution in [0.5, 0.6) is 5.75 Å². The van der Waals surface area contributed by atoms with E-state index >= 15 is 0 Å². The minimum absolute atomic E-state index is 0.285. The van der Waals surface area contributed by atoms with Crippen LogP contribution in [0.3, 0.4) is 0 Å². The van der Waals surface area contributed by atoms with Crippen LogP contribution in [0.15, 0.2) is 36.4 Å². The van der Waals surface area contributed by atoms with Gasteiger partial charge in [-0.3, -0.25) is 0 Å². The number of benzene rings is 1. The van der Waals surface area contributed by atoms with E-state index in [-0.39, 0.29) is 12.6 Å². The van der Waals surface area contributed by atoms with Gasteiger partial charge in [-0.15, -0.1) is 0 Å². The fourth-order valence-electron chi connectivity index (χ4n) is 1.06. The minimum atomic E-state index is -0.326. The molecule has 0 heterocycles. The van der Waals surface area contributed by atoms with Gasteiger partial charge in [0, 0.05) is 6.08 Å². The highest BCUT2D eigenvalue weighted by Crippen LogP contribution is 2.11. The van der Waals surface area contributed by atoms with Crippen molar-refractivity contribution in [3.05, 3.63) is 42.0 Å². The number of esters is 1. The summed E-state index contributed by atoms with van der Waals surface area (Å²) in [5.74, 6) is 0.465. The molecule has 15 heavy (non-hydrogen) atoms. The molecule has 3 heteroatoms. The first-order valence-corrected chi connectivity index (χ1v) is 4.68. The number of hydrogen-bond donors (Lipinski definition) is 0. The van der Waals surface area contributed by atoms with Gasteiger partial charge in [-0.05, 0) is 24.6 Å². The Bertz CT molecular complexity index is 338. The number of hydrogen-bond acceptors (Lipinski definition) is 3. The Kier molecular flexibility index (Phi) is 4.41. The molecule has 0 atom stereocenters. The van der Waals surface area contributed by atoms with Gasteiger partial charge in [-0.25, -0.2) is 4.79 Å². The number of carbonyl (C=O) groups excluding carboxylic acids is 1. The van der Waals surface area contributed by atoms with Crippen LogP contribution in [0.1, 0.15) is 12.5 Å². The van der Waals surface area contributed by atoms with E-state index in [0.29, 0.717) is 0 Å². The molecule has 0 radical (unpaired) electrons. The summed E-state index contributed by atoms with van der Waals surface area (Å²) < 4.78 is 9.99. The maximum Gasteiger partial charge on any atom is 0.330 e. The van der Waals surface area contributed by atoms with Crippen molar-refractivity contribution in [2.45, 2.75) is 13.5 Å². The Morgan fingerprint density at radius 3 is 2.53 bits per heavy atom. The maximum atomic E-state index is 11.0. The molecular weight excluding hydrogens is 192 g/mol. The van der Waals surface area contributed by atoms with Gasteiger partial charge >= 0.3 is 5.97 Å². The van der Waals surface area contributed by atoms with E-state index in [1.54, 1.807) is 20.1 Å². The predicted molar refractivity (Wildman–Crippen MR) is 57.6 cm³/mol. The standard InChI is InChI=1S/C12H14O3/c1-3-4-12(13)15-9-10-5-7-11(14-2)8-6-10/h3-8H,9H2,1-2H3. The lowest BCUT2D eigenvalue weighted by molar-refractivity contribution is -0.139. The van der Waals surface area contributed by atoms with Crippen LogP contribution < -0.4 is 4.74 Å². The second kappa shape index (κ2) is 5.86. The largest absolute Gasteiger partial charge is 0.497 e. The molecule has 1 aromatic rings. The maximum absolute atomic E-state index is 11.0. The van der Waals surface area contributed by atoms with E-state index in [2.05, 4.69) is 0 Å². The van der Waals surface area contributed by atoms with Crippen LogP contribution >= 0.6 is 0 Å². The lowest BCUT2D eigenvalue weighted by atomic mass is 10.2. The summed E-state index contributed by atoms with van der Waals surface area (Å²) >= 11 is 0. The van der Waals surface area contributed by atoms with Gasteiger partial charge in [0.15, 0.2) is 0 Å². The van der Waals surface area contributed by atoms with Gasteiger partial charge in [0.25, 0.3) is 0 Å². The fourth-order valence-corrected chi connectivity index (χ4v) is 1.06. The number of allylic oxidation sites excluding steroid dienone is 1. The summed E-state index contributed by atoms with van der Waals surface area (Å²) in [6.07, 6.45) is 3.04. The Morgan fingerprint density at radius 2 is 2.00 bits per heavy atom. The number of carbonyl (C=O) groups is 1. The Hall–Kier alpha value is -1.77. The Balaban J connectivity index is 2.47. The molecule has 0 unspecified atom stereocenters. The van der Waals surface area contributed by atoms with Gasteiger partial charge in [-0.2, -0.15) is 0 Å². The highest BCUT2D eigenvalue weighted by molar-refractivity contribution is 5.81. The van der Waals surface area contributed by atoms with Gasteiger partial charge in [-0.1, -0.05) is 18.2 Å². The first-order valence-electron chi connectivity index (χ1n) is 4.68. The lowest BCUT2D eigenvalue weighted by Gasteiger charge is -2.03. The topological polar surface area (TPSA) is 35.5 Å². The molecule has 0 amide bonds. The van der Waals surface area contributed by atoms with E-state index in [1.807, 2.05) is 24.3 Å². The van der Waals surface area contributed by atoms with Gasteiger partial charge < -0.3 is 9.47 Å². The summed E-state index contributed by atoms with van der Waals surface area (Å²) in [5.41, 5.74) is 0.939. The van der Waals surface area contributed by atoms with Crippen molar-refractivity contribution in [2.24, 2.45) is 0 Å².